The Morgan fingerprint density at radius 3 is 2.86 bits per heavy atom. The van der Waals surface area contributed by atoms with Crippen molar-refractivity contribution in [3.05, 3.63) is 29.8 Å². The number of carbonyl (C=O) groups excluding carboxylic acids is 1. The molecule has 0 atom stereocenters. The topological polar surface area (TPSA) is 58.6 Å². The van der Waals surface area contributed by atoms with Crippen molar-refractivity contribution in [1.29, 1.82) is 0 Å². The van der Waals surface area contributed by atoms with E-state index in [-0.39, 0.29) is 11.3 Å². The van der Waals surface area contributed by atoms with Crippen LogP contribution < -0.4 is 5.32 Å². The first-order valence-electron chi connectivity index (χ1n) is 4.35. The first-order chi connectivity index (χ1) is 6.75. The zero-order chi connectivity index (χ0) is 10.4. The van der Waals surface area contributed by atoms with Gasteiger partial charge in [0, 0.05) is 6.54 Å². The molecule has 14 heavy (non-hydrogen) atoms. The van der Waals surface area contributed by atoms with Crippen LogP contribution in [0.3, 0.4) is 0 Å². The van der Waals surface area contributed by atoms with E-state index >= 15 is 0 Å². The molecule has 1 aromatic carbocycles. The van der Waals surface area contributed by atoms with Crippen LogP contribution in [0.25, 0.3) is 0 Å². The summed E-state index contributed by atoms with van der Waals surface area (Å²) in [4.78, 5) is 11.3. The van der Waals surface area contributed by atoms with Crippen molar-refractivity contribution >= 4 is 5.97 Å². The van der Waals surface area contributed by atoms with Crippen LogP contribution in [0.2, 0.25) is 0 Å². The van der Waals surface area contributed by atoms with E-state index in [1.165, 1.54) is 12.1 Å². The van der Waals surface area contributed by atoms with Gasteiger partial charge in [-0.2, -0.15) is 0 Å². The highest BCUT2D eigenvalue weighted by atomic mass is 16.5. The zero-order valence-electron chi connectivity index (χ0n) is 7.99. The number of esters is 1. The summed E-state index contributed by atoms with van der Waals surface area (Å²) < 4.78 is 4.89. The molecule has 0 unspecified atom stereocenters. The minimum Gasteiger partial charge on any atom is -0.507 e. The molecule has 0 saturated heterocycles. The molecular weight excluding hydrogens is 182 g/mol. The predicted molar refractivity (Wildman–Crippen MR) is 52.3 cm³/mol. The first-order valence-corrected chi connectivity index (χ1v) is 4.35. The van der Waals surface area contributed by atoms with Crippen molar-refractivity contribution in [3.8, 4) is 5.75 Å². The molecular formula is C10H13NO3. The largest absolute Gasteiger partial charge is 0.507 e. The van der Waals surface area contributed by atoms with E-state index in [2.05, 4.69) is 5.32 Å². The maximum Gasteiger partial charge on any atom is 0.341 e. The third-order valence-electron chi connectivity index (χ3n) is 1.71. The molecule has 0 aliphatic heterocycles. The molecule has 0 bridgehead atoms. The highest BCUT2D eigenvalue weighted by Gasteiger charge is 2.10. The number of phenolic OH excluding ortho intramolecular Hbond substituents is 1. The van der Waals surface area contributed by atoms with Gasteiger partial charge in [-0.1, -0.05) is 12.1 Å². The Kier molecular flexibility index (Phi) is 3.94. The number of phenols is 1. The fourth-order valence-corrected chi connectivity index (χ4v) is 0.970. The molecule has 1 aromatic rings. The molecule has 1 rings (SSSR count). The Morgan fingerprint density at radius 2 is 2.21 bits per heavy atom. The van der Waals surface area contributed by atoms with Gasteiger partial charge in [0.2, 0.25) is 0 Å². The van der Waals surface area contributed by atoms with E-state index in [0.29, 0.717) is 13.2 Å². The lowest BCUT2D eigenvalue weighted by Gasteiger charge is -2.05. The number of benzene rings is 1. The average Bonchev–Trinajstić information content (AvgIpc) is 2.18. The van der Waals surface area contributed by atoms with E-state index in [9.17, 15) is 9.90 Å². The standard InChI is InChI=1S/C10H13NO3/c1-11-6-7-14-10(13)8-4-2-3-5-9(8)12/h2-5,11-12H,6-7H2,1H3. The highest BCUT2D eigenvalue weighted by molar-refractivity contribution is 5.92. The quantitative estimate of drug-likeness (QED) is 0.550. The van der Waals surface area contributed by atoms with Gasteiger partial charge in [0.25, 0.3) is 0 Å². The van der Waals surface area contributed by atoms with Gasteiger partial charge in [-0.05, 0) is 19.2 Å². The summed E-state index contributed by atoms with van der Waals surface area (Å²) in [6, 6.07) is 6.31. The van der Waals surface area contributed by atoms with Gasteiger partial charge in [0.15, 0.2) is 0 Å². The molecule has 0 aromatic heterocycles. The van der Waals surface area contributed by atoms with Gasteiger partial charge in [0.05, 0.1) is 0 Å². The number of likely N-dealkylation sites (N-methyl/N-ethyl adjacent to an activating group) is 1. The smallest absolute Gasteiger partial charge is 0.341 e. The van der Waals surface area contributed by atoms with Crippen molar-refractivity contribution in [1.82, 2.24) is 5.32 Å². The fourth-order valence-electron chi connectivity index (χ4n) is 0.970. The Morgan fingerprint density at radius 1 is 1.50 bits per heavy atom. The van der Waals surface area contributed by atoms with E-state index < -0.39 is 5.97 Å². The molecule has 0 heterocycles. The molecule has 0 aliphatic carbocycles. The van der Waals surface area contributed by atoms with Crippen molar-refractivity contribution in [2.75, 3.05) is 20.2 Å². The average molecular weight is 195 g/mol. The van der Waals surface area contributed by atoms with Crippen LogP contribution in [0.1, 0.15) is 10.4 Å². The summed E-state index contributed by atoms with van der Waals surface area (Å²) in [6.07, 6.45) is 0. The molecule has 0 spiro atoms. The molecule has 4 nitrogen and oxygen atoms in total. The number of carbonyl (C=O) groups is 1. The lowest BCUT2D eigenvalue weighted by atomic mass is 10.2. The van der Waals surface area contributed by atoms with Gasteiger partial charge < -0.3 is 15.2 Å². The summed E-state index contributed by atoms with van der Waals surface area (Å²) in [5.74, 6) is -0.555. The molecule has 0 saturated carbocycles. The van der Waals surface area contributed by atoms with Crippen LogP contribution >= 0.6 is 0 Å². The summed E-state index contributed by atoms with van der Waals surface area (Å²) in [5, 5.41) is 12.2. The second-order valence-electron chi connectivity index (χ2n) is 2.76. The number of rotatable bonds is 4. The summed E-state index contributed by atoms with van der Waals surface area (Å²) >= 11 is 0. The van der Waals surface area contributed by atoms with Gasteiger partial charge in [-0.25, -0.2) is 4.79 Å². The van der Waals surface area contributed by atoms with Crippen LogP contribution in [-0.4, -0.2) is 31.3 Å². The van der Waals surface area contributed by atoms with Crippen LogP contribution in [0.5, 0.6) is 5.75 Å². The summed E-state index contributed by atoms with van der Waals surface area (Å²) in [7, 11) is 1.77. The molecule has 0 amide bonds. The normalized spacial score (nSPS) is 9.79. The third kappa shape index (κ3) is 2.74. The van der Waals surface area contributed by atoms with Crippen molar-refractivity contribution in [3.63, 3.8) is 0 Å². The fraction of sp³-hybridized carbons (Fsp3) is 0.300. The van der Waals surface area contributed by atoms with E-state index in [0.717, 1.165) is 0 Å². The molecule has 76 valence electrons. The van der Waals surface area contributed by atoms with Crippen LogP contribution in [0.15, 0.2) is 24.3 Å². The monoisotopic (exact) mass is 195 g/mol. The van der Waals surface area contributed by atoms with Crippen molar-refractivity contribution in [2.45, 2.75) is 0 Å². The first kappa shape index (κ1) is 10.5. The zero-order valence-corrected chi connectivity index (χ0v) is 7.99. The number of hydrogen-bond donors (Lipinski definition) is 2. The van der Waals surface area contributed by atoms with Crippen molar-refractivity contribution in [2.24, 2.45) is 0 Å². The van der Waals surface area contributed by atoms with Crippen LogP contribution in [0.4, 0.5) is 0 Å². The minimum absolute atomic E-state index is 0.0537. The Balaban J connectivity index is 2.56. The number of hydrogen-bond acceptors (Lipinski definition) is 4. The van der Waals surface area contributed by atoms with Crippen LogP contribution in [-0.2, 0) is 4.74 Å². The predicted octanol–water partition coefficient (Wildman–Crippen LogP) is 0.768. The SMILES string of the molecule is CNCCOC(=O)c1ccccc1O. The Bertz CT molecular complexity index is 312. The maximum absolute atomic E-state index is 11.3. The number of ether oxygens (including phenoxy) is 1. The molecule has 4 heteroatoms. The summed E-state index contributed by atoms with van der Waals surface area (Å²) in [6.45, 7) is 0.892. The number of para-hydroxylation sites is 1. The lowest BCUT2D eigenvalue weighted by molar-refractivity contribution is 0.0507. The van der Waals surface area contributed by atoms with Gasteiger partial charge in [0.1, 0.15) is 17.9 Å². The minimum atomic E-state index is -0.502. The molecule has 2 N–H and O–H groups in total. The Labute approximate surface area is 82.5 Å². The van der Waals surface area contributed by atoms with Gasteiger partial charge >= 0.3 is 5.97 Å². The van der Waals surface area contributed by atoms with Gasteiger partial charge in [-0.15, -0.1) is 0 Å². The van der Waals surface area contributed by atoms with Crippen molar-refractivity contribution < 1.29 is 14.6 Å². The highest BCUT2D eigenvalue weighted by Crippen LogP contribution is 2.16. The third-order valence-corrected chi connectivity index (χ3v) is 1.71. The van der Waals surface area contributed by atoms with E-state index in [1.807, 2.05) is 0 Å². The molecule has 0 aliphatic rings. The van der Waals surface area contributed by atoms with E-state index in [4.69, 9.17) is 4.74 Å². The number of aromatic hydroxyl groups is 1. The van der Waals surface area contributed by atoms with E-state index in [1.54, 1.807) is 19.2 Å². The second-order valence-corrected chi connectivity index (χ2v) is 2.76. The van der Waals surface area contributed by atoms with Gasteiger partial charge in [-0.3, -0.25) is 0 Å². The molecule has 0 radical (unpaired) electrons. The molecule has 0 fully saturated rings. The van der Waals surface area contributed by atoms with Crippen LogP contribution in [0, 0.1) is 0 Å². The Hall–Kier alpha value is -1.55. The lowest BCUT2D eigenvalue weighted by Crippen LogP contribution is -2.17. The second kappa shape index (κ2) is 5.24. The maximum atomic E-state index is 11.3. The summed E-state index contributed by atoms with van der Waals surface area (Å²) in [5.41, 5.74) is 0.198. The number of nitrogens with one attached hydrogen (secondary N) is 1.